The number of hydrazone groups is 1. The summed E-state index contributed by atoms with van der Waals surface area (Å²) in [5, 5.41) is 14.4. The number of hydrogen-bond acceptors (Lipinski definition) is 4. The summed E-state index contributed by atoms with van der Waals surface area (Å²) >= 11 is 0. The molecule has 1 aromatic rings. The summed E-state index contributed by atoms with van der Waals surface area (Å²) in [5.74, 6) is -2.23. The zero-order valence-corrected chi connectivity index (χ0v) is 11.8. The fourth-order valence-electron chi connectivity index (χ4n) is 2.72. The van der Waals surface area contributed by atoms with Gasteiger partial charge in [-0.1, -0.05) is 0 Å². The second-order valence-electron chi connectivity index (χ2n) is 5.33. The Bertz CT molecular complexity index is 653. The maximum absolute atomic E-state index is 13.4. The maximum atomic E-state index is 13.4. The van der Waals surface area contributed by atoms with Gasteiger partial charge in [0.25, 0.3) is 5.91 Å². The fraction of sp³-hybridized carbons (Fsp3) is 0.400. The number of carboxylic acids is 1. The summed E-state index contributed by atoms with van der Waals surface area (Å²) in [6.07, 6.45) is 1.86. The number of carbonyl (C=O) groups excluding carboxylic acids is 1. The Balaban J connectivity index is 1.88. The Hall–Kier alpha value is -2.28. The highest BCUT2D eigenvalue weighted by molar-refractivity contribution is 6.13. The van der Waals surface area contributed by atoms with Crippen LogP contribution in [-0.2, 0) is 9.53 Å². The normalized spacial score (nSPS) is 19.4. The molecule has 1 aromatic carbocycles. The SMILES string of the molecule is O=C(O)c1cc(N2N=C(C3CCOCC3)CC2=O)ccc1F. The maximum Gasteiger partial charge on any atom is 0.338 e. The van der Waals surface area contributed by atoms with Crippen LogP contribution >= 0.6 is 0 Å². The quantitative estimate of drug-likeness (QED) is 0.927. The summed E-state index contributed by atoms with van der Waals surface area (Å²) in [6.45, 7) is 1.30. The average molecular weight is 306 g/mol. The lowest BCUT2D eigenvalue weighted by atomic mass is 9.93. The first-order chi connectivity index (χ1) is 10.6. The van der Waals surface area contributed by atoms with Crippen LogP contribution in [0, 0.1) is 11.7 Å². The van der Waals surface area contributed by atoms with E-state index >= 15 is 0 Å². The van der Waals surface area contributed by atoms with Crippen LogP contribution in [0.4, 0.5) is 10.1 Å². The molecular formula is C15H15FN2O4. The molecule has 0 bridgehead atoms. The molecule has 0 atom stereocenters. The van der Waals surface area contributed by atoms with E-state index in [-0.39, 0.29) is 23.9 Å². The molecule has 2 aliphatic rings. The second kappa shape index (κ2) is 5.84. The largest absolute Gasteiger partial charge is 0.478 e. The molecule has 0 aliphatic carbocycles. The van der Waals surface area contributed by atoms with Crippen molar-refractivity contribution in [3.8, 4) is 0 Å². The molecule has 1 amide bonds. The van der Waals surface area contributed by atoms with Crippen molar-refractivity contribution in [3.63, 3.8) is 0 Å². The number of anilines is 1. The van der Waals surface area contributed by atoms with Gasteiger partial charge in [0.15, 0.2) is 0 Å². The molecule has 0 radical (unpaired) electrons. The number of carboxylic acid groups (broad SMARTS) is 1. The van der Waals surface area contributed by atoms with Gasteiger partial charge in [0.1, 0.15) is 5.82 Å². The van der Waals surface area contributed by atoms with Gasteiger partial charge in [-0.25, -0.2) is 14.2 Å². The number of carbonyl (C=O) groups is 2. The van der Waals surface area contributed by atoms with E-state index in [1.54, 1.807) is 0 Å². The topological polar surface area (TPSA) is 79.2 Å². The summed E-state index contributed by atoms with van der Waals surface area (Å²) in [5.41, 5.74) is 0.584. The van der Waals surface area contributed by atoms with Gasteiger partial charge >= 0.3 is 5.97 Å². The van der Waals surface area contributed by atoms with Gasteiger partial charge in [0.2, 0.25) is 0 Å². The third-order valence-electron chi connectivity index (χ3n) is 3.91. The fourth-order valence-corrected chi connectivity index (χ4v) is 2.72. The van der Waals surface area contributed by atoms with Gasteiger partial charge in [-0.05, 0) is 31.0 Å². The molecule has 1 saturated heterocycles. The highest BCUT2D eigenvalue weighted by Crippen LogP contribution is 2.28. The van der Waals surface area contributed by atoms with Crippen LogP contribution in [0.15, 0.2) is 23.3 Å². The second-order valence-corrected chi connectivity index (χ2v) is 5.33. The van der Waals surface area contributed by atoms with E-state index in [9.17, 15) is 14.0 Å². The van der Waals surface area contributed by atoms with Crippen LogP contribution < -0.4 is 5.01 Å². The smallest absolute Gasteiger partial charge is 0.338 e. The number of halogens is 1. The van der Waals surface area contributed by atoms with E-state index in [4.69, 9.17) is 9.84 Å². The van der Waals surface area contributed by atoms with Crippen LogP contribution in [0.3, 0.4) is 0 Å². The van der Waals surface area contributed by atoms with Gasteiger partial charge in [-0.15, -0.1) is 0 Å². The van der Waals surface area contributed by atoms with Crippen LogP contribution in [0.2, 0.25) is 0 Å². The molecule has 6 nitrogen and oxygen atoms in total. The molecule has 7 heteroatoms. The number of nitrogens with zero attached hydrogens (tertiary/aromatic N) is 2. The monoisotopic (exact) mass is 306 g/mol. The zero-order valence-electron chi connectivity index (χ0n) is 11.8. The molecular weight excluding hydrogens is 291 g/mol. The van der Waals surface area contributed by atoms with Gasteiger partial charge in [0, 0.05) is 19.1 Å². The summed E-state index contributed by atoms with van der Waals surface area (Å²) < 4.78 is 18.7. The first-order valence-electron chi connectivity index (χ1n) is 7.07. The molecule has 0 saturated carbocycles. The molecule has 2 aliphatic heterocycles. The minimum absolute atomic E-state index is 0.210. The van der Waals surface area contributed by atoms with Crippen molar-refractivity contribution in [1.82, 2.24) is 0 Å². The number of amides is 1. The minimum atomic E-state index is -1.38. The number of ether oxygens (including phenoxy) is 1. The minimum Gasteiger partial charge on any atom is -0.478 e. The highest BCUT2D eigenvalue weighted by atomic mass is 19.1. The van der Waals surface area contributed by atoms with Crippen LogP contribution in [-0.4, -0.2) is 35.9 Å². The molecule has 116 valence electrons. The van der Waals surface area contributed by atoms with Crippen molar-refractivity contribution in [2.45, 2.75) is 19.3 Å². The average Bonchev–Trinajstić information content (AvgIpc) is 2.90. The lowest BCUT2D eigenvalue weighted by molar-refractivity contribution is -0.116. The Morgan fingerprint density at radius 3 is 2.77 bits per heavy atom. The van der Waals surface area contributed by atoms with Crippen molar-refractivity contribution >= 4 is 23.3 Å². The first-order valence-corrected chi connectivity index (χ1v) is 7.07. The molecule has 22 heavy (non-hydrogen) atoms. The molecule has 2 heterocycles. The zero-order chi connectivity index (χ0) is 15.7. The van der Waals surface area contributed by atoms with Gasteiger partial charge < -0.3 is 9.84 Å². The predicted octanol–water partition coefficient (Wildman–Crippen LogP) is 2.04. The number of hydrogen-bond donors (Lipinski definition) is 1. The molecule has 0 spiro atoms. The first kappa shape index (κ1) is 14.6. The Morgan fingerprint density at radius 1 is 1.36 bits per heavy atom. The molecule has 1 fully saturated rings. The van der Waals surface area contributed by atoms with E-state index in [0.717, 1.165) is 35.7 Å². The van der Waals surface area contributed by atoms with E-state index in [0.29, 0.717) is 13.2 Å². The van der Waals surface area contributed by atoms with Crippen molar-refractivity contribution < 1.29 is 23.8 Å². The van der Waals surface area contributed by atoms with Gasteiger partial charge in [-0.2, -0.15) is 5.10 Å². The third kappa shape index (κ3) is 2.71. The van der Waals surface area contributed by atoms with Crippen LogP contribution in [0.5, 0.6) is 0 Å². The summed E-state index contributed by atoms with van der Waals surface area (Å²) in [6, 6.07) is 3.52. The van der Waals surface area contributed by atoms with E-state index in [1.165, 1.54) is 6.07 Å². The molecule has 0 aromatic heterocycles. The molecule has 1 N–H and O–H groups in total. The van der Waals surface area contributed by atoms with Crippen molar-refractivity contribution in [3.05, 3.63) is 29.6 Å². The Morgan fingerprint density at radius 2 is 2.09 bits per heavy atom. The molecule has 3 rings (SSSR count). The van der Waals surface area contributed by atoms with Crippen LogP contribution in [0.1, 0.15) is 29.6 Å². The standard InChI is InChI=1S/C15H15FN2O4/c16-12-2-1-10(7-11(12)15(20)21)18-14(19)8-13(17-18)9-3-5-22-6-4-9/h1-2,7,9H,3-6,8H2,(H,20,21). The lowest BCUT2D eigenvalue weighted by Gasteiger charge is -2.21. The third-order valence-corrected chi connectivity index (χ3v) is 3.91. The van der Waals surface area contributed by atoms with Crippen molar-refractivity contribution in [1.29, 1.82) is 0 Å². The Kier molecular flexibility index (Phi) is 3.89. The van der Waals surface area contributed by atoms with Crippen molar-refractivity contribution in [2.24, 2.45) is 11.0 Å². The number of benzene rings is 1. The number of aromatic carboxylic acids is 1. The van der Waals surface area contributed by atoms with E-state index < -0.39 is 17.3 Å². The van der Waals surface area contributed by atoms with Gasteiger partial charge in [-0.3, -0.25) is 4.79 Å². The van der Waals surface area contributed by atoms with Crippen molar-refractivity contribution in [2.75, 3.05) is 18.2 Å². The van der Waals surface area contributed by atoms with Gasteiger partial charge in [0.05, 0.1) is 23.4 Å². The van der Waals surface area contributed by atoms with E-state index in [2.05, 4.69) is 5.10 Å². The summed E-state index contributed by atoms with van der Waals surface area (Å²) in [7, 11) is 0. The predicted molar refractivity (Wildman–Crippen MR) is 76.4 cm³/mol. The molecule has 0 unspecified atom stereocenters. The summed E-state index contributed by atoms with van der Waals surface area (Å²) in [4.78, 5) is 23.1. The lowest BCUT2D eigenvalue weighted by Crippen LogP contribution is -2.23. The Labute approximate surface area is 126 Å². The highest BCUT2D eigenvalue weighted by Gasteiger charge is 2.31. The van der Waals surface area contributed by atoms with E-state index in [1.807, 2.05) is 0 Å². The van der Waals surface area contributed by atoms with Crippen LogP contribution in [0.25, 0.3) is 0 Å². The number of rotatable bonds is 3.